The van der Waals surface area contributed by atoms with Gasteiger partial charge in [-0.25, -0.2) is 4.98 Å². The van der Waals surface area contributed by atoms with E-state index in [2.05, 4.69) is 15.2 Å². The largest absolute Gasteiger partial charge is 0.480 e. The fraction of sp³-hybridized carbons (Fsp3) is 0.333. The quantitative estimate of drug-likeness (QED) is 0.806. The van der Waals surface area contributed by atoms with Crippen LogP contribution in [-0.4, -0.2) is 35.4 Å². The maximum Gasteiger partial charge on any atom is 0.319 e. The molecule has 0 aliphatic heterocycles. The Balaban J connectivity index is 2.41. The highest BCUT2D eigenvalue weighted by atomic mass is 32.2. The molecule has 2 aromatic heterocycles. The molecule has 1 N–H and O–H groups in total. The number of nitrogens with zero attached hydrogens (tertiary/aromatic N) is 4. The van der Waals surface area contributed by atoms with Crippen LogP contribution < -0.4 is 0 Å². The highest BCUT2D eigenvalue weighted by Gasteiger charge is 2.30. The highest BCUT2D eigenvalue weighted by molar-refractivity contribution is 8.01. The van der Waals surface area contributed by atoms with Gasteiger partial charge in [-0.2, -0.15) is 0 Å². The summed E-state index contributed by atoms with van der Waals surface area (Å²) in [5, 5.41) is 17.2. The molecule has 0 saturated carbocycles. The van der Waals surface area contributed by atoms with Crippen molar-refractivity contribution in [2.24, 2.45) is 0 Å². The van der Waals surface area contributed by atoms with Gasteiger partial charge >= 0.3 is 5.97 Å². The van der Waals surface area contributed by atoms with Gasteiger partial charge in [0.05, 0.1) is 0 Å². The maximum absolute atomic E-state index is 11.0. The van der Waals surface area contributed by atoms with E-state index in [1.165, 1.54) is 0 Å². The molecule has 0 spiro atoms. The minimum absolute atomic E-state index is 0.562. The highest BCUT2D eigenvalue weighted by Crippen LogP contribution is 2.32. The van der Waals surface area contributed by atoms with Gasteiger partial charge in [-0.15, -0.1) is 10.2 Å². The minimum Gasteiger partial charge on any atom is -0.480 e. The van der Waals surface area contributed by atoms with Gasteiger partial charge in [0.15, 0.2) is 5.65 Å². The molecule has 0 amide bonds. The second-order valence-electron chi connectivity index (χ2n) is 3.71. The monoisotopic (exact) mass is 238 g/mol. The van der Waals surface area contributed by atoms with Crippen molar-refractivity contribution in [2.75, 3.05) is 0 Å². The molecule has 0 aliphatic carbocycles. The lowest BCUT2D eigenvalue weighted by Gasteiger charge is -2.17. The number of hydrogen-bond acceptors (Lipinski definition) is 5. The Morgan fingerprint density at radius 3 is 3.00 bits per heavy atom. The molecule has 2 rings (SSSR count). The summed E-state index contributed by atoms with van der Waals surface area (Å²) in [6, 6.07) is 0. The smallest absolute Gasteiger partial charge is 0.319 e. The Labute approximate surface area is 95.7 Å². The van der Waals surface area contributed by atoms with Crippen molar-refractivity contribution >= 4 is 23.4 Å². The first-order valence-electron chi connectivity index (χ1n) is 4.57. The summed E-state index contributed by atoms with van der Waals surface area (Å²) in [4.78, 5) is 15.1. The molecule has 0 aliphatic rings. The molecule has 0 bridgehead atoms. The number of aliphatic carboxylic acids is 1. The predicted octanol–water partition coefficient (Wildman–Crippen LogP) is 1.08. The number of hydrogen-bond donors (Lipinski definition) is 1. The molecular formula is C9H10N4O2S. The standard InChI is InChI=1S/C9H10N4O2S/c1-9(2,8(14)15)16-7-6-12-11-5-13(6)4-3-10-7/h3-5H,1-2H3,(H,14,15). The first-order chi connectivity index (χ1) is 7.50. The van der Waals surface area contributed by atoms with Crippen molar-refractivity contribution < 1.29 is 9.90 Å². The zero-order valence-electron chi connectivity index (χ0n) is 8.78. The Bertz CT molecular complexity index is 537. The van der Waals surface area contributed by atoms with Gasteiger partial charge in [0.2, 0.25) is 0 Å². The van der Waals surface area contributed by atoms with Gasteiger partial charge in [0.25, 0.3) is 0 Å². The Morgan fingerprint density at radius 1 is 1.56 bits per heavy atom. The number of aromatic nitrogens is 4. The van der Waals surface area contributed by atoms with E-state index in [1.54, 1.807) is 37.0 Å². The summed E-state index contributed by atoms with van der Waals surface area (Å²) in [5.41, 5.74) is 0.571. The van der Waals surface area contributed by atoms with Gasteiger partial charge in [0.1, 0.15) is 16.1 Å². The first-order valence-corrected chi connectivity index (χ1v) is 5.39. The minimum atomic E-state index is -0.944. The second-order valence-corrected chi connectivity index (χ2v) is 5.32. The lowest BCUT2D eigenvalue weighted by molar-refractivity contribution is -0.138. The van der Waals surface area contributed by atoms with Crippen molar-refractivity contribution in [1.82, 2.24) is 19.6 Å². The third-order valence-corrected chi connectivity index (χ3v) is 3.22. The first kappa shape index (κ1) is 10.9. The predicted molar refractivity (Wildman–Crippen MR) is 58.4 cm³/mol. The zero-order chi connectivity index (χ0) is 11.8. The molecule has 6 nitrogen and oxygen atoms in total. The summed E-state index contributed by atoms with van der Waals surface area (Å²) < 4.78 is 0.758. The summed E-state index contributed by atoms with van der Waals surface area (Å²) in [6.07, 6.45) is 4.86. The average Bonchev–Trinajstić information content (AvgIpc) is 2.65. The number of carbonyl (C=O) groups is 1. The van der Waals surface area contributed by atoms with Crippen LogP contribution in [0, 0.1) is 0 Å². The topological polar surface area (TPSA) is 80.4 Å². The molecule has 16 heavy (non-hydrogen) atoms. The van der Waals surface area contributed by atoms with Gasteiger partial charge < -0.3 is 5.11 Å². The van der Waals surface area contributed by atoms with Crippen molar-refractivity contribution in [3.63, 3.8) is 0 Å². The molecule has 0 saturated heterocycles. The van der Waals surface area contributed by atoms with Gasteiger partial charge in [0, 0.05) is 12.4 Å². The Hall–Kier alpha value is -1.63. The van der Waals surface area contributed by atoms with Crippen molar-refractivity contribution in [3.8, 4) is 0 Å². The van der Waals surface area contributed by atoms with E-state index in [9.17, 15) is 4.79 Å². The SMILES string of the molecule is CC(C)(Sc1nccn2cnnc12)C(=O)O. The Morgan fingerprint density at radius 2 is 2.31 bits per heavy atom. The molecule has 7 heteroatoms. The molecule has 84 valence electrons. The summed E-state index contributed by atoms with van der Waals surface area (Å²) in [5.74, 6) is -0.888. The normalized spacial score (nSPS) is 11.9. The molecule has 2 heterocycles. The van der Waals surface area contributed by atoms with E-state index < -0.39 is 10.7 Å². The zero-order valence-corrected chi connectivity index (χ0v) is 9.60. The van der Waals surface area contributed by atoms with Crippen molar-refractivity contribution in [3.05, 3.63) is 18.7 Å². The number of thioether (sulfide) groups is 1. The van der Waals surface area contributed by atoms with Crippen molar-refractivity contribution in [2.45, 2.75) is 23.6 Å². The van der Waals surface area contributed by atoms with Gasteiger partial charge in [-0.05, 0) is 13.8 Å². The fourth-order valence-corrected chi connectivity index (χ4v) is 2.01. The van der Waals surface area contributed by atoms with Gasteiger partial charge in [-0.3, -0.25) is 9.20 Å². The van der Waals surface area contributed by atoms with Crippen LogP contribution in [-0.2, 0) is 4.79 Å². The van der Waals surface area contributed by atoms with Crippen LogP contribution in [0.2, 0.25) is 0 Å². The van der Waals surface area contributed by atoms with E-state index >= 15 is 0 Å². The molecule has 0 fully saturated rings. The lowest BCUT2D eigenvalue weighted by atomic mass is 10.2. The van der Waals surface area contributed by atoms with Crippen LogP contribution in [0.25, 0.3) is 5.65 Å². The molecule has 0 aromatic carbocycles. The van der Waals surface area contributed by atoms with Crippen LogP contribution in [0.3, 0.4) is 0 Å². The maximum atomic E-state index is 11.0. The van der Waals surface area contributed by atoms with Crippen LogP contribution in [0.1, 0.15) is 13.8 Å². The van der Waals surface area contributed by atoms with Crippen molar-refractivity contribution in [1.29, 1.82) is 0 Å². The van der Waals surface area contributed by atoms with E-state index in [0.29, 0.717) is 10.7 Å². The number of carboxylic acid groups (broad SMARTS) is 1. The number of rotatable bonds is 3. The van der Waals surface area contributed by atoms with Crippen LogP contribution in [0.4, 0.5) is 0 Å². The molecular weight excluding hydrogens is 228 g/mol. The van der Waals surface area contributed by atoms with Crippen LogP contribution in [0.15, 0.2) is 23.7 Å². The van der Waals surface area contributed by atoms with Gasteiger partial charge in [-0.1, -0.05) is 11.8 Å². The van der Waals surface area contributed by atoms with E-state index in [0.717, 1.165) is 11.8 Å². The van der Waals surface area contributed by atoms with Crippen LogP contribution >= 0.6 is 11.8 Å². The summed E-state index contributed by atoms with van der Waals surface area (Å²) in [6.45, 7) is 3.25. The second kappa shape index (κ2) is 3.75. The van der Waals surface area contributed by atoms with Crippen LogP contribution in [0.5, 0.6) is 0 Å². The third-order valence-electron chi connectivity index (χ3n) is 2.05. The molecule has 0 atom stereocenters. The molecule has 0 unspecified atom stereocenters. The average molecular weight is 238 g/mol. The third kappa shape index (κ3) is 1.85. The molecule has 0 radical (unpaired) electrons. The fourth-order valence-electron chi connectivity index (χ4n) is 1.09. The number of fused-ring (bicyclic) bond motifs is 1. The summed E-state index contributed by atoms with van der Waals surface area (Å²) in [7, 11) is 0. The van der Waals surface area contributed by atoms with E-state index in [4.69, 9.17) is 5.11 Å². The summed E-state index contributed by atoms with van der Waals surface area (Å²) >= 11 is 1.15. The van der Waals surface area contributed by atoms with E-state index in [-0.39, 0.29) is 0 Å². The van der Waals surface area contributed by atoms with E-state index in [1.807, 2.05) is 0 Å². The lowest BCUT2D eigenvalue weighted by Crippen LogP contribution is -2.27. The number of carboxylic acids is 1. The Kier molecular flexibility index (Phi) is 2.55. The molecule has 2 aromatic rings.